The van der Waals surface area contributed by atoms with Gasteiger partial charge in [0.2, 0.25) is 0 Å². The summed E-state index contributed by atoms with van der Waals surface area (Å²) < 4.78 is 12.9. The van der Waals surface area contributed by atoms with Crippen LogP contribution >= 0.6 is 23.4 Å². The van der Waals surface area contributed by atoms with Gasteiger partial charge in [0, 0.05) is 28.6 Å². The summed E-state index contributed by atoms with van der Waals surface area (Å²) in [5.41, 5.74) is 1.50. The first-order valence-electron chi connectivity index (χ1n) is 6.84. The Hall–Kier alpha value is -1.72. The van der Waals surface area contributed by atoms with Crippen molar-refractivity contribution in [2.45, 2.75) is 5.37 Å². The van der Waals surface area contributed by atoms with Crippen molar-refractivity contribution in [1.82, 2.24) is 4.90 Å². The SMILES string of the molecule is O=C(Nc1ccc(F)cc1)N1CCS[C@H]1c1ccccc1Cl. The van der Waals surface area contributed by atoms with Crippen LogP contribution < -0.4 is 5.32 Å². The zero-order chi connectivity index (χ0) is 15.5. The number of nitrogens with one attached hydrogen (secondary N) is 1. The monoisotopic (exact) mass is 336 g/mol. The lowest BCUT2D eigenvalue weighted by atomic mass is 10.2. The van der Waals surface area contributed by atoms with Crippen LogP contribution in [-0.2, 0) is 0 Å². The highest BCUT2D eigenvalue weighted by Crippen LogP contribution is 2.40. The van der Waals surface area contributed by atoms with Crippen molar-refractivity contribution in [3.05, 3.63) is 64.9 Å². The first kappa shape index (κ1) is 15.2. The highest BCUT2D eigenvalue weighted by atomic mass is 35.5. The topological polar surface area (TPSA) is 32.3 Å². The minimum absolute atomic E-state index is 0.103. The molecule has 6 heteroatoms. The third-order valence-electron chi connectivity index (χ3n) is 3.42. The number of carbonyl (C=O) groups excluding carboxylic acids is 1. The van der Waals surface area contributed by atoms with Gasteiger partial charge in [-0.15, -0.1) is 11.8 Å². The van der Waals surface area contributed by atoms with Gasteiger partial charge in [-0.2, -0.15) is 0 Å². The van der Waals surface area contributed by atoms with Crippen molar-refractivity contribution >= 4 is 35.1 Å². The number of amides is 2. The average Bonchev–Trinajstić information content (AvgIpc) is 2.99. The molecule has 0 unspecified atom stereocenters. The first-order chi connectivity index (χ1) is 10.6. The Morgan fingerprint density at radius 1 is 1.23 bits per heavy atom. The summed E-state index contributed by atoms with van der Waals surface area (Å²) in [6.07, 6.45) is 0. The maximum absolute atomic E-state index is 12.9. The number of rotatable bonds is 2. The molecule has 0 saturated carbocycles. The normalized spacial score (nSPS) is 17.5. The average molecular weight is 337 g/mol. The van der Waals surface area contributed by atoms with E-state index in [9.17, 15) is 9.18 Å². The van der Waals surface area contributed by atoms with Crippen LogP contribution in [0.2, 0.25) is 5.02 Å². The predicted octanol–water partition coefficient (Wildman–Crippen LogP) is 4.76. The summed E-state index contributed by atoms with van der Waals surface area (Å²) in [5.74, 6) is 0.524. The number of hydrogen-bond donors (Lipinski definition) is 1. The van der Waals surface area contributed by atoms with E-state index in [2.05, 4.69) is 5.32 Å². The fourth-order valence-corrected chi connectivity index (χ4v) is 3.93. The second-order valence-corrected chi connectivity index (χ2v) is 6.47. The summed E-state index contributed by atoms with van der Waals surface area (Å²) in [7, 11) is 0. The molecule has 114 valence electrons. The molecule has 0 aromatic heterocycles. The van der Waals surface area contributed by atoms with Crippen molar-refractivity contribution in [1.29, 1.82) is 0 Å². The molecule has 22 heavy (non-hydrogen) atoms. The summed E-state index contributed by atoms with van der Waals surface area (Å²) in [6.45, 7) is 0.646. The van der Waals surface area contributed by atoms with Crippen molar-refractivity contribution in [3.63, 3.8) is 0 Å². The van der Waals surface area contributed by atoms with Gasteiger partial charge >= 0.3 is 6.03 Å². The van der Waals surface area contributed by atoms with E-state index < -0.39 is 0 Å². The number of thioether (sulfide) groups is 1. The molecule has 0 bridgehead atoms. The molecule has 2 aromatic carbocycles. The van der Waals surface area contributed by atoms with E-state index >= 15 is 0 Å². The Bertz CT molecular complexity index is 680. The van der Waals surface area contributed by atoms with Crippen LogP contribution in [0.4, 0.5) is 14.9 Å². The van der Waals surface area contributed by atoms with Gasteiger partial charge in [-0.3, -0.25) is 0 Å². The van der Waals surface area contributed by atoms with Gasteiger partial charge in [-0.1, -0.05) is 29.8 Å². The maximum atomic E-state index is 12.9. The molecule has 2 amide bonds. The van der Waals surface area contributed by atoms with E-state index in [0.717, 1.165) is 11.3 Å². The Balaban J connectivity index is 1.76. The third-order valence-corrected chi connectivity index (χ3v) is 5.01. The molecule has 1 N–H and O–H groups in total. The zero-order valence-corrected chi connectivity index (χ0v) is 13.2. The summed E-state index contributed by atoms with van der Waals surface area (Å²) in [4.78, 5) is 14.2. The Morgan fingerprint density at radius 2 is 1.95 bits per heavy atom. The first-order valence-corrected chi connectivity index (χ1v) is 8.27. The van der Waals surface area contributed by atoms with E-state index in [-0.39, 0.29) is 17.2 Å². The summed E-state index contributed by atoms with van der Waals surface area (Å²) >= 11 is 7.92. The number of benzene rings is 2. The fourth-order valence-electron chi connectivity index (χ4n) is 2.34. The lowest BCUT2D eigenvalue weighted by molar-refractivity contribution is 0.214. The van der Waals surface area contributed by atoms with Crippen LogP contribution in [0, 0.1) is 5.82 Å². The van der Waals surface area contributed by atoms with Crippen molar-refractivity contribution in [2.24, 2.45) is 0 Å². The van der Waals surface area contributed by atoms with Gasteiger partial charge in [0.1, 0.15) is 11.2 Å². The van der Waals surface area contributed by atoms with Crippen molar-refractivity contribution in [3.8, 4) is 0 Å². The molecule has 0 aliphatic carbocycles. The quantitative estimate of drug-likeness (QED) is 0.857. The van der Waals surface area contributed by atoms with Gasteiger partial charge in [-0.25, -0.2) is 9.18 Å². The number of urea groups is 1. The lowest BCUT2D eigenvalue weighted by Crippen LogP contribution is -2.34. The minimum Gasteiger partial charge on any atom is -0.308 e. The van der Waals surface area contributed by atoms with Crippen LogP contribution in [0.3, 0.4) is 0 Å². The van der Waals surface area contributed by atoms with E-state index in [4.69, 9.17) is 11.6 Å². The molecular formula is C16H14ClFN2OS. The Labute approximate surface area is 137 Å². The molecule has 0 spiro atoms. The number of carbonyl (C=O) groups is 1. The van der Waals surface area contributed by atoms with Gasteiger partial charge in [0.25, 0.3) is 0 Å². The van der Waals surface area contributed by atoms with E-state index in [1.54, 1.807) is 28.8 Å². The van der Waals surface area contributed by atoms with Crippen LogP contribution in [0.1, 0.15) is 10.9 Å². The van der Waals surface area contributed by atoms with E-state index in [1.807, 2.05) is 24.3 Å². The zero-order valence-electron chi connectivity index (χ0n) is 11.6. The molecule has 1 atom stereocenters. The summed E-state index contributed by atoms with van der Waals surface area (Å²) in [5, 5.41) is 3.35. The van der Waals surface area contributed by atoms with E-state index in [0.29, 0.717) is 17.3 Å². The fraction of sp³-hybridized carbons (Fsp3) is 0.188. The maximum Gasteiger partial charge on any atom is 0.323 e. The number of halogens is 2. The lowest BCUT2D eigenvalue weighted by Gasteiger charge is -2.25. The minimum atomic E-state index is -0.330. The van der Waals surface area contributed by atoms with Gasteiger partial charge in [0.05, 0.1) is 0 Å². The largest absolute Gasteiger partial charge is 0.323 e. The number of hydrogen-bond acceptors (Lipinski definition) is 2. The van der Waals surface area contributed by atoms with Gasteiger partial charge in [0.15, 0.2) is 0 Å². The predicted molar refractivity (Wildman–Crippen MR) is 88.8 cm³/mol. The third kappa shape index (κ3) is 3.20. The molecule has 1 aliphatic rings. The van der Waals surface area contributed by atoms with Gasteiger partial charge < -0.3 is 10.2 Å². The van der Waals surface area contributed by atoms with Crippen LogP contribution in [-0.4, -0.2) is 23.2 Å². The summed E-state index contributed by atoms with van der Waals surface area (Å²) in [6, 6.07) is 13.1. The molecule has 3 rings (SSSR count). The number of nitrogens with zero attached hydrogens (tertiary/aromatic N) is 1. The molecule has 0 radical (unpaired) electrons. The highest BCUT2D eigenvalue weighted by Gasteiger charge is 2.31. The van der Waals surface area contributed by atoms with E-state index in [1.165, 1.54) is 12.1 Å². The van der Waals surface area contributed by atoms with Crippen LogP contribution in [0.5, 0.6) is 0 Å². The highest BCUT2D eigenvalue weighted by molar-refractivity contribution is 7.99. The Kier molecular flexibility index (Phi) is 4.55. The van der Waals surface area contributed by atoms with Crippen LogP contribution in [0.25, 0.3) is 0 Å². The standard InChI is InChI=1S/C16H14ClFN2OS/c17-14-4-2-1-3-13(14)15-20(9-10-22-15)16(21)19-12-7-5-11(18)6-8-12/h1-8,15H,9-10H2,(H,19,21)/t15-/m0/s1. The molecule has 1 fully saturated rings. The molecular weight excluding hydrogens is 323 g/mol. The molecule has 3 nitrogen and oxygen atoms in total. The smallest absolute Gasteiger partial charge is 0.308 e. The van der Waals surface area contributed by atoms with Crippen molar-refractivity contribution in [2.75, 3.05) is 17.6 Å². The molecule has 1 heterocycles. The molecule has 1 saturated heterocycles. The Morgan fingerprint density at radius 3 is 2.68 bits per heavy atom. The molecule has 1 aliphatic heterocycles. The van der Waals surface area contributed by atoms with Gasteiger partial charge in [-0.05, 0) is 30.3 Å². The van der Waals surface area contributed by atoms with Crippen molar-refractivity contribution < 1.29 is 9.18 Å². The second-order valence-electron chi connectivity index (χ2n) is 4.88. The molecule has 2 aromatic rings. The second kappa shape index (κ2) is 6.58. The van der Waals surface area contributed by atoms with Crippen LogP contribution in [0.15, 0.2) is 48.5 Å². The number of anilines is 1.